The van der Waals surface area contributed by atoms with Crippen LogP contribution in [0.5, 0.6) is 0 Å². The zero-order valence-corrected chi connectivity index (χ0v) is 13.9. The molecule has 0 saturated heterocycles. The zero-order valence-electron chi connectivity index (χ0n) is 13.1. The van der Waals surface area contributed by atoms with E-state index < -0.39 is 0 Å². The quantitative estimate of drug-likeness (QED) is 0.745. The standard InChI is InChI=1S/C16H23N3O2.ClH/c1-16(2,10-17)19-14(20)5-3-4-11-6-7-13-12(8-11)9-15(21)18-13;/h6-8H,3-5,9-10,17H2,1-2H3,(H,18,21)(H,19,20);1H. The number of anilines is 1. The van der Waals surface area contributed by atoms with Crippen molar-refractivity contribution < 1.29 is 9.59 Å². The van der Waals surface area contributed by atoms with Crippen LogP contribution in [0.3, 0.4) is 0 Å². The van der Waals surface area contributed by atoms with Crippen LogP contribution in [0.15, 0.2) is 18.2 Å². The van der Waals surface area contributed by atoms with Crippen molar-refractivity contribution in [2.75, 3.05) is 11.9 Å². The Kier molecular flexibility index (Phi) is 6.38. The fourth-order valence-corrected chi connectivity index (χ4v) is 2.38. The van der Waals surface area contributed by atoms with Gasteiger partial charge in [0.05, 0.1) is 6.42 Å². The van der Waals surface area contributed by atoms with Crippen LogP contribution in [0, 0.1) is 0 Å². The number of carbonyl (C=O) groups is 2. The number of fused-ring (bicyclic) bond motifs is 1. The van der Waals surface area contributed by atoms with E-state index in [1.165, 1.54) is 0 Å². The van der Waals surface area contributed by atoms with E-state index in [-0.39, 0.29) is 29.8 Å². The van der Waals surface area contributed by atoms with Crippen molar-refractivity contribution in [3.63, 3.8) is 0 Å². The molecule has 1 aliphatic heterocycles. The van der Waals surface area contributed by atoms with E-state index in [0.29, 0.717) is 19.4 Å². The molecule has 0 bridgehead atoms. The molecule has 4 N–H and O–H groups in total. The maximum absolute atomic E-state index is 11.8. The molecule has 0 aliphatic carbocycles. The van der Waals surface area contributed by atoms with Gasteiger partial charge in [0.1, 0.15) is 0 Å². The highest BCUT2D eigenvalue weighted by Gasteiger charge is 2.19. The van der Waals surface area contributed by atoms with Gasteiger partial charge in [-0.15, -0.1) is 12.4 Å². The summed E-state index contributed by atoms with van der Waals surface area (Å²) >= 11 is 0. The number of nitrogens with one attached hydrogen (secondary N) is 2. The summed E-state index contributed by atoms with van der Waals surface area (Å²) in [5.41, 5.74) is 8.36. The van der Waals surface area contributed by atoms with E-state index in [9.17, 15) is 9.59 Å². The van der Waals surface area contributed by atoms with Gasteiger partial charge in [-0.25, -0.2) is 0 Å². The topological polar surface area (TPSA) is 84.2 Å². The molecule has 6 heteroatoms. The van der Waals surface area contributed by atoms with Gasteiger partial charge in [0.2, 0.25) is 11.8 Å². The van der Waals surface area contributed by atoms with Crippen molar-refractivity contribution in [3.05, 3.63) is 29.3 Å². The fraction of sp³-hybridized carbons (Fsp3) is 0.500. The second kappa shape index (κ2) is 7.61. The number of hydrogen-bond donors (Lipinski definition) is 3. The lowest BCUT2D eigenvalue weighted by Gasteiger charge is -2.24. The highest BCUT2D eigenvalue weighted by atomic mass is 35.5. The summed E-state index contributed by atoms with van der Waals surface area (Å²) in [6, 6.07) is 5.99. The van der Waals surface area contributed by atoms with E-state index in [2.05, 4.69) is 16.7 Å². The van der Waals surface area contributed by atoms with Gasteiger partial charge in [0.25, 0.3) is 0 Å². The van der Waals surface area contributed by atoms with Crippen LogP contribution in [0.1, 0.15) is 37.8 Å². The van der Waals surface area contributed by atoms with E-state index >= 15 is 0 Å². The Morgan fingerprint density at radius 3 is 2.82 bits per heavy atom. The van der Waals surface area contributed by atoms with Gasteiger partial charge >= 0.3 is 0 Å². The molecule has 2 rings (SSSR count). The third kappa shape index (κ3) is 5.00. The highest BCUT2D eigenvalue weighted by molar-refractivity contribution is 5.99. The molecule has 22 heavy (non-hydrogen) atoms. The van der Waals surface area contributed by atoms with E-state index in [4.69, 9.17) is 5.73 Å². The van der Waals surface area contributed by atoms with Crippen LogP contribution >= 0.6 is 12.4 Å². The van der Waals surface area contributed by atoms with Crippen molar-refractivity contribution in [2.45, 2.75) is 45.1 Å². The molecule has 122 valence electrons. The van der Waals surface area contributed by atoms with Gasteiger partial charge in [-0.05, 0) is 43.9 Å². The number of halogens is 1. The van der Waals surface area contributed by atoms with Crippen LogP contribution in [-0.4, -0.2) is 23.9 Å². The Morgan fingerprint density at radius 1 is 1.41 bits per heavy atom. The molecule has 1 aliphatic rings. The second-order valence-electron chi connectivity index (χ2n) is 6.21. The lowest BCUT2D eigenvalue weighted by atomic mass is 10.0. The molecule has 0 fully saturated rings. The third-order valence-electron chi connectivity index (χ3n) is 3.65. The predicted octanol–water partition coefficient (Wildman–Crippen LogP) is 1.78. The van der Waals surface area contributed by atoms with Gasteiger partial charge in [-0.3, -0.25) is 9.59 Å². The minimum atomic E-state index is -0.351. The first-order chi connectivity index (χ1) is 9.89. The molecule has 0 radical (unpaired) electrons. The lowest BCUT2D eigenvalue weighted by Crippen LogP contribution is -2.48. The number of benzene rings is 1. The summed E-state index contributed by atoms with van der Waals surface area (Å²) < 4.78 is 0. The first-order valence-electron chi connectivity index (χ1n) is 7.32. The van der Waals surface area contributed by atoms with Crippen LogP contribution in [-0.2, 0) is 22.4 Å². The average Bonchev–Trinajstić information content (AvgIpc) is 2.77. The molecule has 0 saturated carbocycles. The maximum Gasteiger partial charge on any atom is 0.228 e. The van der Waals surface area contributed by atoms with E-state index in [1.54, 1.807) is 0 Å². The monoisotopic (exact) mass is 325 g/mol. The smallest absolute Gasteiger partial charge is 0.228 e. The minimum absolute atomic E-state index is 0. The van der Waals surface area contributed by atoms with Gasteiger partial charge in [-0.1, -0.05) is 12.1 Å². The Morgan fingerprint density at radius 2 is 2.14 bits per heavy atom. The zero-order chi connectivity index (χ0) is 15.5. The number of hydrogen-bond acceptors (Lipinski definition) is 3. The van der Waals surface area contributed by atoms with E-state index in [1.807, 2.05) is 26.0 Å². The summed E-state index contributed by atoms with van der Waals surface area (Å²) in [6.45, 7) is 4.25. The number of rotatable bonds is 6. The normalized spacial score (nSPS) is 13.1. The molecule has 0 spiro atoms. The molecule has 0 aromatic heterocycles. The number of carbonyl (C=O) groups excluding carboxylic acids is 2. The van der Waals surface area contributed by atoms with Crippen molar-refractivity contribution >= 4 is 29.9 Å². The number of nitrogens with two attached hydrogens (primary N) is 1. The maximum atomic E-state index is 11.8. The second-order valence-corrected chi connectivity index (χ2v) is 6.21. The predicted molar refractivity (Wildman–Crippen MR) is 90.2 cm³/mol. The average molecular weight is 326 g/mol. The van der Waals surface area contributed by atoms with Crippen molar-refractivity contribution in [1.29, 1.82) is 0 Å². The molecule has 1 aromatic carbocycles. The molecular formula is C16H24ClN3O2. The highest BCUT2D eigenvalue weighted by Crippen LogP contribution is 2.24. The van der Waals surface area contributed by atoms with Crippen molar-refractivity contribution in [2.24, 2.45) is 5.73 Å². The van der Waals surface area contributed by atoms with Crippen LogP contribution in [0.25, 0.3) is 0 Å². The van der Waals surface area contributed by atoms with Gasteiger partial charge in [-0.2, -0.15) is 0 Å². The van der Waals surface area contributed by atoms with Gasteiger partial charge < -0.3 is 16.4 Å². The minimum Gasteiger partial charge on any atom is -0.350 e. The molecule has 5 nitrogen and oxygen atoms in total. The molecule has 0 atom stereocenters. The van der Waals surface area contributed by atoms with Crippen molar-refractivity contribution in [3.8, 4) is 0 Å². The van der Waals surface area contributed by atoms with E-state index in [0.717, 1.165) is 29.7 Å². The third-order valence-corrected chi connectivity index (χ3v) is 3.65. The Labute approximate surface area is 137 Å². The molecular weight excluding hydrogens is 302 g/mol. The molecule has 2 amide bonds. The number of aryl methyl sites for hydroxylation is 1. The first kappa shape index (κ1) is 18.5. The summed E-state index contributed by atoms with van der Waals surface area (Å²) in [5.74, 6) is 0.0778. The fourth-order valence-electron chi connectivity index (χ4n) is 2.38. The van der Waals surface area contributed by atoms with Crippen LogP contribution in [0.2, 0.25) is 0 Å². The Hall–Kier alpha value is -1.59. The van der Waals surface area contributed by atoms with Gasteiger partial charge in [0, 0.05) is 24.2 Å². The lowest BCUT2D eigenvalue weighted by molar-refractivity contribution is -0.122. The van der Waals surface area contributed by atoms with Crippen molar-refractivity contribution in [1.82, 2.24) is 5.32 Å². The summed E-state index contributed by atoms with van der Waals surface area (Å²) in [7, 11) is 0. The molecule has 1 heterocycles. The molecule has 1 aromatic rings. The molecule has 0 unspecified atom stereocenters. The van der Waals surface area contributed by atoms with Crippen LogP contribution in [0.4, 0.5) is 5.69 Å². The Balaban J connectivity index is 0.00000242. The van der Waals surface area contributed by atoms with Gasteiger partial charge in [0.15, 0.2) is 0 Å². The Bertz CT molecular complexity index is 558. The SMILES string of the molecule is CC(C)(CN)NC(=O)CCCc1ccc2c(c1)CC(=O)N2.Cl. The first-order valence-corrected chi connectivity index (χ1v) is 7.32. The van der Waals surface area contributed by atoms with Crippen LogP contribution < -0.4 is 16.4 Å². The summed E-state index contributed by atoms with van der Waals surface area (Å²) in [6.07, 6.45) is 2.55. The summed E-state index contributed by atoms with van der Waals surface area (Å²) in [5, 5.41) is 5.74. The summed E-state index contributed by atoms with van der Waals surface area (Å²) in [4.78, 5) is 23.1. The number of amides is 2. The largest absolute Gasteiger partial charge is 0.350 e.